The van der Waals surface area contributed by atoms with E-state index in [1.165, 1.54) is 17.0 Å². The van der Waals surface area contributed by atoms with Gasteiger partial charge in [0, 0.05) is 12.1 Å². The minimum absolute atomic E-state index is 0.0267. The summed E-state index contributed by atoms with van der Waals surface area (Å²) < 4.78 is 28.7. The third-order valence-electron chi connectivity index (χ3n) is 6.15. The quantitative estimate of drug-likeness (QED) is 0.298. The molecule has 0 aliphatic rings. The summed E-state index contributed by atoms with van der Waals surface area (Å²) in [4.78, 5) is 28.9. The Morgan fingerprint density at radius 3 is 2.10 bits per heavy atom. The lowest BCUT2D eigenvalue weighted by molar-refractivity contribution is -0.141. The van der Waals surface area contributed by atoms with Crippen molar-refractivity contribution < 1.29 is 18.0 Å². The van der Waals surface area contributed by atoms with Crippen LogP contribution in [-0.2, 0) is 26.2 Å². The molecule has 3 rings (SSSR count). The van der Waals surface area contributed by atoms with Crippen LogP contribution in [0.25, 0.3) is 0 Å². The molecule has 40 heavy (non-hydrogen) atoms. The summed E-state index contributed by atoms with van der Waals surface area (Å²) in [5, 5.41) is 3.62. The number of benzene rings is 3. The molecule has 0 aliphatic carbocycles. The normalized spacial score (nSPS) is 12.5. The summed E-state index contributed by atoms with van der Waals surface area (Å²) in [6, 6.07) is 19.0. The molecule has 1 atom stereocenters. The van der Waals surface area contributed by atoms with Crippen LogP contribution in [0.3, 0.4) is 0 Å². The molecule has 0 unspecified atom stereocenters. The number of sulfonamides is 1. The molecule has 3 aromatic rings. The summed E-state index contributed by atoms with van der Waals surface area (Å²) in [7, 11) is -4.12. The molecule has 0 saturated heterocycles. The third-order valence-corrected chi connectivity index (χ3v) is 8.68. The lowest BCUT2D eigenvalue weighted by atomic mass is 10.1. The third kappa shape index (κ3) is 7.99. The zero-order valence-electron chi connectivity index (χ0n) is 23.3. The van der Waals surface area contributed by atoms with E-state index in [-0.39, 0.29) is 17.3 Å². The lowest BCUT2D eigenvalue weighted by Gasteiger charge is -2.34. The highest BCUT2D eigenvalue weighted by molar-refractivity contribution is 7.92. The molecular weight excluding hydrogens is 569 g/mol. The van der Waals surface area contributed by atoms with E-state index < -0.39 is 34.1 Å². The highest BCUT2D eigenvalue weighted by Crippen LogP contribution is 2.27. The molecule has 10 heteroatoms. The molecule has 0 spiro atoms. The van der Waals surface area contributed by atoms with E-state index in [1.54, 1.807) is 67.6 Å². The second-order valence-corrected chi connectivity index (χ2v) is 13.3. The van der Waals surface area contributed by atoms with Gasteiger partial charge in [0.1, 0.15) is 12.6 Å². The van der Waals surface area contributed by atoms with Gasteiger partial charge in [-0.2, -0.15) is 0 Å². The fourth-order valence-electron chi connectivity index (χ4n) is 4.17. The van der Waals surface area contributed by atoms with Crippen molar-refractivity contribution in [1.82, 2.24) is 10.2 Å². The first-order chi connectivity index (χ1) is 18.7. The number of aryl methyl sites for hydroxylation is 1. The number of halogens is 2. The van der Waals surface area contributed by atoms with E-state index in [2.05, 4.69) is 5.32 Å². The van der Waals surface area contributed by atoms with E-state index in [1.807, 2.05) is 27.7 Å². The van der Waals surface area contributed by atoms with Gasteiger partial charge in [-0.15, -0.1) is 0 Å². The predicted octanol–water partition coefficient (Wildman–Crippen LogP) is 6.22. The molecule has 7 nitrogen and oxygen atoms in total. The minimum atomic E-state index is -4.12. The average Bonchev–Trinajstić information content (AvgIpc) is 2.89. The van der Waals surface area contributed by atoms with E-state index in [4.69, 9.17) is 23.2 Å². The summed E-state index contributed by atoms with van der Waals surface area (Å²) in [5.74, 6) is -0.877. The Morgan fingerprint density at radius 1 is 0.925 bits per heavy atom. The van der Waals surface area contributed by atoms with Gasteiger partial charge in [-0.3, -0.25) is 13.9 Å². The number of nitrogens with zero attached hydrogens (tertiary/aromatic N) is 2. The van der Waals surface area contributed by atoms with Crippen LogP contribution in [0.15, 0.2) is 77.7 Å². The second-order valence-electron chi connectivity index (χ2n) is 10.6. The van der Waals surface area contributed by atoms with Gasteiger partial charge in [-0.05, 0) is 76.1 Å². The number of carbonyl (C=O) groups is 2. The number of anilines is 1. The lowest BCUT2D eigenvalue weighted by Crippen LogP contribution is -2.55. The molecule has 1 N–H and O–H groups in total. The van der Waals surface area contributed by atoms with Crippen molar-refractivity contribution in [3.05, 3.63) is 94.0 Å². The van der Waals surface area contributed by atoms with Crippen molar-refractivity contribution in [2.24, 2.45) is 0 Å². The van der Waals surface area contributed by atoms with Crippen molar-refractivity contribution in [2.75, 3.05) is 10.8 Å². The van der Waals surface area contributed by atoms with Crippen LogP contribution in [0.5, 0.6) is 0 Å². The second kappa shape index (κ2) is 13.1. The molecule has 0 fully saturated rings. The Labute approximate surface area is 247 Å². The molecule has 0 heterocycles. The zero-order valence-corrected chi connectivity index (χ0v) is 25.6. The number of hydrogen-bond donors (Lipinski definition) is 1. The monoisotopic (exact) mass is 603 g/mol. The SMILES string of the molecule is CC[C@H](C(=O)NC(C)(C)C)N(Cc1ccc(Cl)c(Cl)c1)C(=O)CN(c1ccc(C)cc1)S(=O)(=O)c1ccccc1. The van der Waals surface area contributed by atoms with Crippen molar-refractivity contribution in [3.63, 3.8) is 0 Å². The Bertz CT molecular complexity index is 1440. The molecule has 0 radical (unpaired) electrons. The van der Waals surface area contributed by atoms with Crippen molar-refractivity contribution >= 4 is 50.7 Å². The Balaban J connectivity index is 2.07. The molecular formula is C30H35Cl2N3O4S. The number of rotatable bonds is 10. The zero-order chi connectivity index (χ0) is 29.7. The maximum Gasteiger partial charge on any atom is 0.264 e. The predicted molar refractivity (Wildman–Crippen MR) is 161 cm³/mol. The summed E-state index contributed by atoms with van der Waals surface area (Å²) in [5.41, 5.74) is 1.40. The van der Waals surface area contributed by atoms with Gasteiger partial charge in [-0.1, -0.05) is 72.1 Å². The van der Waals surface area contributed by atoms with Crippen molar-refractivity contribution in [2.45, 2.75) is 64.1 Å². The van der Waals surface area contributed by atoms with Gasteiger partial charge in [0.15, 0.2) is 0 Å². The Hall–Kier alpha value is -3.07. The molecule has 0 aliphatic heterocycles. The Kier molecular flexibility index (Phi) is 10.3. The molecule has 0 saturated carbocycles. The first-order valence-electron chi connectivity index (χ1n) is 12.9. The molecule has 3 aromatic carbocycles. The molecule has 2 amide bonds. The van der Waals surface area contributed by atoms with Crippen molar-refractivity contribution in [3.8, 4) is 0 Å². The maximum atomic E-state index is 14.1. The van der Waals surface area contributed by atoms with Gasteiger partial charge >= 0.3 is 0 Å². The minimum Gasteiger partial charge on any atom is -0.350 e. The topological polar surface area (TPSA) is 86.8 Å². The first-order valence-corrected chi connectivity index (χ1v) is 15.1. The van der Waals surface area contributed by atoms with Crippen LogP contribution >= 0.6 is 23.2 Å². The first kappa shape index (κ1) is 31.5. The van der Waals surface area contributed by atoms with Crippen LogP contribution in [0.2, 0.25) is 10.0 Å². The average molecular weight is 605 g/mol. The van der Waals surface area contributed by atoms with Gasteiger partial charge in [0.25, 0.3) is 10.0 Å². The molecule has 0 aromatic heterocycles. The standard InChI is InChI=1S/C30H35Cl2N3O4S/c1-6-27(29(37)33-30(3,4)5)34(19-22-14-17-25(31)26(32)18-22)28(36)20-35(23-15-12-21(2)13-16-23)40(38,39)24-10-8-7-9-11-24/h7-18,27H,6,19-20H2,1-5H3,(H,33,37)/t27-/m1/s1. The number of hydrogen-bond acceptors (Lipinski definition) is 4. The molecule has 214 valence electrons. The van der Waals surface area contributed by atoms with E-state index in [0.717, 1.165) is 9.87 Å². The van der Waals surface area contributed by atoms with E-state index in [9.17, 15) is 18.0 Å². The number of carbonyl (C=O) groups excluding carboxylic acids is 2. The number of nitrogens with one attached hydrogen (secondary N) is 1. The van der Waals surface area contributed by atoms with Crippen molar-refractivity contribution in [1.29, 1.82) is 0 Å². The van der Waals surface area contributed by atoms with E-state index in [0.29, 0.717) is 27.7 Å². The smallest absolute Gasteiger partial charge is 0.264 e. The highest BCUT2D eigenvalue weighted by atomic mass is 35.5. The summed E-state index contributed by atoms with van der Waals surface area (Å²) in [6.45, 7) is 8.78. The van der Waals surface area contributed by atoms with Gasteiger partial charge in [0.05, 0.1) is 20.6 Å². The fourth-order valence-corrected chi connectivity index (χ4v) is 5.92. The van der Waals surface area contributed by atoms with Crippen LogP contribution in [0.1, 0.15) is 45.2 Å². The largest absolute Gasteiger partial charge is 0.350 e. The summed E-state index contributed by atoms with van der Waals surface area (Å²) >= 11 is 12.3. The van der Waals surface area contributed by atoms with Gasteiger partial charge < -0.3 is 10.2 Å². The van der Waals surface area contributed by atoms with Gasteiger partial charge in [0.2, 0.25) is 11.8 Å². The van der Waals surface area contributed by atoms with E-state index >= 15 is 0 Å². The fraction of sp³-hybridized carbons (Fsp3) is 0.333. The maximum absolute atomic E-state index is 14.1. The van der Waals surface area contributed by atoms with Gasteiger partial charge in [-0.25, -0.2) is 8.42 Å². The Morgan fingerprint density at radius 2 is 1.55 bits per heavy atom. The molecule has 0 bridgehead atoms. The summed E-state index contributed by atoms with van der Waals surface area (Å²) in [6.07, 6.45) is 0.310. The number of amides is 2. The van der Waals surface area contributed by atoms with Crippen LogP contribution < -0.4 is 9.62 Å². The van der Waals surface area contributed by atoms with Crippen LogP contribution in [0, 0.1) is 6.92 Å². The van der Waals surface area contributed by atoms with Crippen LogP contribution in [-0.4, -0.2) is 43.3 Å². The van der Waals surface area contributed by atoms with Crippen LogP contribution in [0.4, 0.5) is 5.69 Å². The highest BCUT2D eigenvalue weighted by Gasteiger charge is 2.34.